The summed E-state index contributed by atoms with van der Waals surface area (Å²) in [5.74, 6) is -1.27. The molecule has 0 radical (unpaired) electrons. The summed E-state index contributed by atoms with van der Waals surface area (Å²) in [6, 6.07) is 4.98. The van der Waals surface area contributed by atoms with Crippen LogP contribution in [0, 0.1) is 5.92 Å². The lowest BCUT2D eigenvalue weighted by atomic mass is 9.94. The predicted octanol–water partition coefficient (Wildman–Crippen LogP) is 5.10. The van der Waals surface area contributed by atoms with E-state index in [9.17, 15) is 14.7 Å². The van der Waals surface area contributed by atoms with Crippen molar-refractivity contribution in [3.8, 4) is 0 Å². The Morgan fingerprint density at radius 3 is 2.42 bits per heavy atom. The molecule has 4 heteroatoms. The molecule has 1 aromatic rings. The summed E-state index contributed by atoms with van der Waals surface area (Å²) in [6.07, 6.45) is 5.30. The van der Waals surface area contributed by atoms with Crippen molar-refractivity contribution in [3.05, 3.63) is 34.9 Å². The van der Waals surface area contributed by atoms with Crippen LogP contribution in [-0.4, -0.2) is 23.1 Å². The molecule has 0 saturated carbocycles. The summed E-state index contributed by atoms with van der Waals surface area (Å²) in [6.45, 7) is 8.21. The van der Waals surface area contributed by atoms with Gasteiger partial charge in [-0.25, -0.2) is 9.59 Å². The van der Waals surface area contributed by atoms with Crippen molar-refractivity contribution < 1.29 is 19.4 Å². The molecule has 0 aromatic heterocycles. The number of esters is 1. The maximum absolute atomic E-state index is 12.7. The van der Waals surface area contributed by atoms with Gasteiger partial charge in [0.15, 0.2) is 0 Å². The lowest BCUT2D eigenvalue weighted by molar-refractivity contribution is 0.0260. The van der Waals surface area contributed by atoms with Crippen molar-refractivity contribution in [2.75, 3.05) is 0 Å². The number of benzene rings is 1. The van der Waals surface area contributed by atoms with E-state index in [4.69, 9.17) is 4.74 Å². The molecular weight excluding hydrogens is 304 g/mol. The van der Waals surface area contributed by atoms with Crippen LogP contribution in [0.5, 0.6) is 0 Å². The number of aromatic carboxylic acids is 1. The number of carboxylic acid groups (broad SMARTS) is 1. The quantitative estimate of drug-likeness (QED) is 0.477. The Bertz CT molecular complexity index is 549. The molecule has 24 heavy (non-hydrogen) atoms. The Morgan fingerprint density at radius 2 is 1.88 bits per heavy atom. The molecule has 0 aliphatic carbocycles. The first-order valence-electron chi connectivity index (χ1n) is 8.96. The van der Waals surface area contributed by atoms with E-state index in [1.807, 2.05) is 26.8 Å². The SMILES string of the molecule is CCCCCC(CC)OC(=O)c1c(CC(C)C)cccc1C(=O)O. The summed E-state index contributed by atoms with van der Waals surface area (Å²) in [7, 11) is 0. The fraction of sp³-hybridized carbons (Fsp3) is 0.600. The van der Waals surface area contributed by atoms with Gasteiger partial charge in [-0.3, -0.25) is 0 Å². The fourth-order valence-electron chi connectivity index (χ4n) is 2.81. The van der Waals surface area contributed by atoms with E-state index in [0.717, 1.165) is 37.7 Å². The summed E-state index contributed by atoms with van der Waals surface area (Å²) < 4.78 is 5.64. The number of hydrogen-bond donors (Lipinski definition) is 1. The van der Waals surface area contributed by atoms with Crippen LogP contribution in [0.15, 0.2) is 18.2 Å². The first kappa shape index (κ1) is 20.2. The van der Waals surface area contributed by atoms with Crippen LogP contribution in [0.1, 0.15) is 86.1 Å². The van der Waals surface area contributed by atoms with E-state index in [1.54, 1.807) is 6.07 Å². The number of carbonyl (C=O) groups excluding carboxylic acids is 1. The number of unbranched alkanes of at least 4 members (excludes halogenated alkanes) is 2. The van der Waals surface area contributed by atoms with Crippen LogP contribution in [-0.2, 0) is 11.2 Å². The van der Waals surface area contributed by atoms with Crippen LogP contribution >= 0.6 is 0 Å². The highest BCUT2D eigenvalue weighted by Crippen LogP contribution is 2.22. The molecule has 1 aromatic carbocycles. The third kappa shape index (κ3) is 5.99. The Morgan fingerprint density at radius 1 is 1.17 bits per heavy atom. The smallest absolute Gasteiger partial charge is 0.339 e. The van der Waals surface area contributed by atoms with Crippen molar-refractivity contribution in [1.82, 2.24) is 0 Å². The molecule has 0 aliphatic heterocycles. The largest absolute Gasteiger partial charge is 0.478 e. The van der Waals surface area contributed by atoms with Crippen LogP contribution in [0.25, 0.3) is 0 Å². The maximum Gasteiger partial charge on any atom is 0.339 e. The zero-order chi connectivity index (χ0) is 18.1. The lowest BCUT2D eigenvalue weighted by Crippen LogP contribution is -2.21. The third-order valence-electron chi connectivity index (χ3n) is 4.07. The molecule has 0 bridgehead atoms. The van der Waals surface area contributed by atoms with Crippen LogP contribution < -0.4 is 0 Å². The van der Waals surface area contributed by atoms with Gasteiger partial charge in [-0.2, -0.15) is 0 Å². The summed E-state index contributed by atoms with van der Waals surface area (Å²) in [5, 5.41) is 9.43. The second-order valence-corrected chi connectivity index (χ2v) is 6.67. The summed E-state index contributed by atoms with van der Waals surface area (Å²) in [4.78, 5) is 24.2. The highest BCUT2D eigenvalue weighted by atomic mass is 16.5. The Kier molecular flexibility index (Phi) is 8.51. The fourth-order valence-corrected chi connectivity index (χ4v) is 2.81. The highest BCUT2D eigenvalue weighted by Gasteiger charge is 2.24. The Hall–Kier alpha value is -1.84. The van der Waals surface area contributed by atoms with Crippen LogP contribution in [0.2, 0.25) is 0 Å². The van der Waals surface area contributed by atoms with Crippen molar-refractivity contribution >= 4 is 11.9 Å². The van der Waals surface area contributed by atoms with Gasteiger partial charge in [0.2, 0.25) is 0 Å². The molecule has 0 aliphatic rings. The molecular formula is C20H30O4. The maximum atomic E-state index is 12.7. The number of hydrogen-bond acceptors (Lipinski definition) is 3. The van der Waals surface area contributed by atoms with E-state index in [2.05, 4.69) is 6.92 Å². The molecule has 1 unspecified atom stereocenters. The monoisotopic (exact) mass is 334 g/mol. The van der Waals surface area contributed by atoms with Crippen molar-refractivity contribution in [2.24, 2.45) is 5.92 Å². The number of ether oxygens (including phenoxy) is 1. The first-order valence-corrected chi connectivity index (χ1v) is 8.96. The molecule has 4 nitrogen and oxygen atoms in total. The predicted molar refractivity (Wildman–Crippen MR) is 95.6 cm³/mol. The second-order valence-electron chi connectivity index (χ2n) is 6.67. The highest BCUT2D eigenvalue weighted by molar-refractivity contribution is 6.03. The molecule has 0 amide bonds. The second kappa shape index (κ2) is 10.1. The van der Waals surface area contributed by atoms with Gasteiger partial charge in [0.05, 0.1) is 11.1 Å². The molecule has 1 atom stereocenters. The Labute approximate surface area is 145 Å². The van der Waals surface area contributed by atoms with Gasteiger partial charge in [0.1, 0.15) is 6.10 Å². The van der Waals surface area contributed by atoms with E-state index >= 15 is 0 Å². The molecule has 1 rings (SSSR count). The topological polar surface area (TPSA) is 63.6 Å². The van der Waals surface area contributed by atoms with Gasteiger partial charge >= 0.3 is 11.9 Å². The van der Waals surface area contributed by atoms with Crippen molar-refractivity contribution in [3.63, 3.8) is 0 Å². The Balaban J connectivity index is 3.03. The molecule has 0 spiro atoms. The molecule has 0 saturated heterocycles. The molecule has 0 fully saturated rings. The van der Waals surface area contributed by atoms with Gasteiger partial charge in [-0.1, -0.05) is 52.7 Å². The molecule has 0 heterocycles. The van der Waals surface area contributed by atoms with Crippen molar-refractivity contribution in [1.29, 1.82) is 0 Å². The standard InChI is InChI=1S/C20H30O4/c1-5-7-8-11-16(6-2)24-20(23)18-15(13-14(3)4)10-9-12-17(18)19(21)22/h9-10,12,14,16H,5-8,11,13H2,1-4H3,(H,21,22). The normalized spacial score (nSPS) is 12.2. The zero-order valence-electron chi connectivity index (χ0n) is 15.3. The minimum Gasteiger partial charge on any atom is -0.478 e. The van der Waals surface area contributed by atoms with E-state index in [-0.39, 0.29) is 17.2 Å². The van der Waals surface area contributed by atoms with E-state index in [0.29, 0.717) is 12.3 Å². The number of carboxylic acids is 1. The number of rotatable bonds is 10. The molecule has 134 valence electrons. The van der Waals surface area contributed by atoms with Crippen LogP contribution in [0.4, 0.5) is 0 Å². The minimum absolute atomic E-state index is 0.0292. The lowest BCUT2D eigenvalue weighted by Gasteiger charge is -2.19. The van der Waals surface area contributed by atoms with E-state index < -0.39 is 11.9 Å². The third-order valence-corrected chi connectivity index (χ3v) is 4.07. The molecule has 1 N–H and O–H groups in total. The van der Waals surface area contributed by atoms with E-state index in [1.165, 1.54) is 6.07 Å². The average molecular weight is 334 g/mol. The minimum atomic E-state index is -1.09. The van der Waals surface area contributed by atoms with Gasteiger partial charge in [-0.05, 0) is 43.2 Å². The van der Waals surface area contributed by atoms with Crippen LogP contribution in [0.3, 0.4) is 0 Å². The first-order chi connectivity index (χ1) is 11.4. The average Bonchev–Trinajstić information content (AvgIpc) is 2.53. The zero-order valence-corrected chi connectivity index (χ0v) is 15.3. The van der Waals surface area contributed by atoms with Crippen molar-refractivity contribution in [2.45, 2.75) is 72.3 Å². The number of carbonyl (C=O) groups is 2. The van der Waals surface area contributed by atoms with Gasteiger partial charge < -0.3 is 9.84 Å². The van der Waals surface area contributed by atoms with Gasteiger partial charge in [0.25, 0.3) is 0 Å². The van der Waals surface area contributed by atoms with Gasteiger partial charge in [0, 0.05) is 0 Å². The summed E-state index contributed by atoms with van der Waals surface area (Å²) in [5.41, 5.74) is 0.993. The van der Waals surface area contributed by atoms with Gasteiger partial charge in [-0.15, -0.1) is 0 Å². The summed E-state index contributed by atoms with van der Waals surface area (Å²) >= 11 is 0.